The summed E-state index contributed by atoms with van der Waals surface area (Å²) < 4.78 is 40.8. The Balaban J connectivity index is 1.69. The number of fused-ring (bicyclic) bond motifs is 1. The summed E-state index contributed by atoms with van der Waals surface area (Å²) in [5, 5.41) is 6.49. The molecule has 1 aromatic carbocycles. The first-order valence-corrected chi connectivity index (χ1v) is 7.96. The molecule has 128 valence electrons. The van der Waals surface area contributed by atoms with Crippen LogP contribution in [0.5, 0.6) is 0 Å². The summed E-state index contributed by atoms with van der Waals surface area (Å²) >= 11 is 0. The van der Waals surface area contributed by atoms with Crippen LogP contribution in [-0.4, -0.2) is 22.2 Å². The van der Waals surface area contributed by atoms with Crippen molar-refractivity contribution in [3.63, 3.8) is 0 Å². The Morgan fingerprint density at radius 1 is 1.17 bits per heavy atom. The van der Waals surface area contributed by atoms with Crippen molar-refractivity contribution in [1.82, 2.24) is 15.1 Å². The van der Waals surface area contributed by atoms with Crippen LogP contribution in [-0.2, 0) is 25.6 Å². The predicted octanol–water partition coefficient (Wildman–Crippen LogP) is 3.21. The fraction of sp³-hybridized carbons (Fsp3) is 0.412. The van der Waals surface area contributed by atoms with E-state index in [1.165, 1.54) is 4.68 Å². The molecule has 0 unspecified atom stereocenters. The van der Waals surface area contributed by atoms with Crippen LogP contribution in [0.3, 0.4) is 0 Å². The van der Waals surface area contributed by atoms with Crippen molar-refractivity contribution in [2.75, 3.05) is 6.54 Å². The summed E-state index contributed by atoms with van der Waals surface area (Å²) in [6.45, 7) is 0.468. The summed E-state index contributed by atoms with van der Waals surface area (Å²) in [4.78, 5) is 12.0. The molecule has 1 amide bonds. The number of aromatic nitrogens is 2. The van der Waals surface area contributed by atoms with Gasteiger partial charge < -0.3 is 5.32 Å². The van der Waals surface area contributed by atoms with Gasteiger partial charge in [0.05, 0.1) is 6.54 Å². The second kappa shape index (κ2) is 6.67. The van der Waals surface area contributed by atoms with Crippen molar-refractivity contribution < 1.29 is 18.0 Å². The Morgan fingerprint density at radius 2 is 1.88 bits per heavy atom. The van der Waals surface area contributed by atoms with Gasteiger partial charge in [-0.25, -0.2) is 0 Å². The van der Waals surface area contributed by atoms with E-state index in [9.17, 15) is 18.0 Å². The Morgan fingerprint density at radius 3 is 2.58 bits per heavy atom. The number of hydrogen-bond acceptors (Lipinski definition) is 2. The predicted molar refractivity (Wildman–Crippen MR) is 82.6 cm³/mol. The summed E-state index contributed by atoms with van der Waals surface area (Å²) in [6, 6.07) is 8.70. The molecule has 1 heterocycles. The molecule has 0 atom stereocenters. The van der Waals surface area contributed by atoms with Crippen molar-refractivity contribution in [3.8, 4) is 0 Å². The van der Waals surface area contributed by atoms with Crippen LogP contribution in [0.2, 0.25) is 0 Å². The van der Waals surface area contributed by atoms with E-state index in [0.717, 1.165) is 12.8 Å². The number of nitrogens with one attached hydrogen (secondary N) is 1. The monoisotopic (exact) mass is 337 g/mol. The normalized spacial score (nSPS) is 14.3. The maximum Gasteiger partial charge on any atom is 0.435 e. The molecule has 0 bridgehead atoms. The first-order chi connectivity index (χ1) is 11.5. The third-order valence-electron chi connectivity index (χ3n) is 4.17. The lowest BCUT2D eigenvalue weighted by atomic mass is 9.95. The van der Waals surface area contributed by atoms with Gasteiger partial charge in [-0.15, -0.1) is 0 Å². The van der Waals surface area contributed by atoms with Crippen LogP contribution in [0, 0.1) is 0 Å². The molecular weight excluding hydrogens is 319 g/mol. The van der Waals surface area contributed by atoms with Crippen LogP contribution in [0.4, 0.5) is 13.2 Å². The molecule has 4 nitrogen and oxygen atoms in total. The maximum atomic E-state index is 13.1. The SMILES string of the molecule is O=C(NCCn1nc(C(F)(F)F)c2c1CCCC2)c1ccccc1. The number of benzene rings is 1. The third kappa shape index (κ3) is 3.44. The first-order valence-electron chi connectivity index (χ1n) is 7.96. The van der Waals surface area contributed by atoms with E-state index >= 15 is 0 Å². The van der Waals surface area contributed by atoms with E-state index in [1.54, 1.807) is 24.3 Å². The minimum Gasteiger partial charge on any atom is -0.350 e. The van der Waals surface area contributed by atoms with Gasteiger partial charge in [-0.3, -0.25) is 9.48 Å². The van der Waals surface area contributed by atoms with Gasteiger partial charge in [-0.1, -0.05) is 18.2 Å². The second-order valence-electron chi connectivity index (χ2n) is 5.82. The van der Waals surface area contributed by atoms with E-state index in [4.69, 9.17) is 0 Å². The standard InChI is InChI=1S/C17H18F3N3O/c18-17(19,20)15-13-8-4-5-9-14(13)23(22-15)11-10-21-16(24)12-6-2-1-3-7-12/h1-3,6-7H,4-5,8-11H2,(H,21,24). The van der Waals surface area contributed by atoms with Crippen molar-refractivity contribution in [2.24, 2.45) is 0 Å². The van der Waals surface area contributed by atoms with E-state index in [2.05, 4.69) is 10.4 Å². The van der Waals surface area contributed by atoms with Crippen molar-refractivity contribution in [2.45, 2.75) is 38.4 Å². The molecule has 1 aliphatic carbocycles. The zero-order valence-corrected chi connectivity index (χ0v) is 13.1. The number of carbonyl (C=O) groups excluding carboxylic acids is 1. The topological polar surface area (TPSA) is 46.9 Å². The van der Waals surface area contributed by atoms with Gasteiger partial charge in [0.25, 0.3) is 5.91 Å². The highest BCUT2D eigenvalue weighted by atomic mass is 19.4. The fourth-order valence-corrected chi connectivity index (χ4v) is 3.05. The summed E-state index contributed by atoms with van der Waals surface area (Å²) in [5.41, 5.74) is 0.730. The van der Waals surface area contributed by atoms with Crippen LogP contribution >= 0.6 is 0 Å². The molecule has 0 saturated heterocycles. The van der Waals surface area contributed by atoms with Gasteiger partial charge in [0.15, 0.2) is 5.69 Å². The summed E-state index contributed by atoms with van der Waals surface area (Å²) in [7, 11) is 0. The van der Waals surface area contributed by atoms with Crippen LogP contribution in [0.1, 0.15) is 40.2 Å². The molecule has 1 aromatic heterocycles. The average Bonchev–Trinajstić information content (AvgIpc) is 2.95. The molecular formula is C17H18F3N3O. The summed E-state index contributed by atoms with van der Waals surface area (Å²) in [5.74, 6) is -0.243. The number of carbonyl (C=O) groups is 1. The Kier molecular flexibility index (Phi) is 4.59. The minimum atomic E-state index is -4.43. The van der Waals surface area contributed by atoms with Gasteiger partial charge in [-0.2, -0.15) is 18.3 Å². The van der Waals surface area contributed by atoms with Crippen LogP contribution in [0.15, 0.2) is 30.3 Å². The Hall–Kier alpha value is -2.31. The highest BCUT2D eigenvalue weighted by Gasteiger charge is 2.39. The summed E-state index contributed by atoms with van der Waals surface area (Å²) in [6.07, 6.45) is -1.79. The maximum absolute atomic E-state index is 13.1. The highest BCUT2D eigenvalue weighted by molar-refractivity contribution is 5.94. The van der Waals surface area contributed by atoms with E-state index in [1.807, 2.05) is 6.07 Å². The molecule has 1 aliphatic rings. The smallest absolute Gasteiger partial charge is 0.350 e. The number of rotatable bonds is 4. The molecule has 1 N–H and O–H groups in total. The lowest BCUT2D eigenvalue weighted by molar-refractivity contribution is -0.142. The minimum absolute atomic E-state index is 0.233. The van der Waals surface area contributed by atoms with Crippen LogP contribution < -0.4 is 5.32 Å². The number of alkyl halides is 3. The number of nitrogens with zero attached hydrogens (tertiary/aromatic N) is 2. The largest absolute Gasteiger partial charge is 0.435 e. The van der Waals surface area contributed by atoms with E-state index < -0.39 is 11.9 Å². The molecule has 7 heteroatoms. The average molecular weight is 337 g/mol. The molecule has 0 aliphatic heterocycles. The quantitative estimate of drug-likeness (QED) is 0.931. The molecule has 0 saturated carbocycles. The molecule has 3 rings (SSSR count). The molecule has 2 aromatic rings. The van der Waals surface area contributed by atoms with Gasteiger partial charge in [-0.05, 0) is 37.8 Å². The zero-order valence-electron chi connectivity index (χ0n) is 13.1. The number of hydrogen-bond donors (Lipinski definition) is 1. The van der Waals surface area contributed by atoms with E-state index in [-0.39, 0.29) is 19.0 Å². The zero-order chi connectivity index (χ0) is 17.2. The Labute approximate surface area is 137 Å². The third-order valence-corrected chi connectivity index (χ3v) is 4.17. The Bertz CT molecular complexity index is 723. The van der Waals surface area contributed by atoms with Crippen LogP contribution in [0.25, 0.3) is 0 Å². The van der Waals surface area contributed by atoms with Crippen molar-refractivity contribution in [3.05, 3.63) is 52.8 Å². The molecule has 0 spiro atoms. The van der Waals surface area contributed by atoms with Gasteiger partial charge >= 0.3 is 6.18 Å². The van der Waals surface area contributed by atoms with Gasteiger partial charge in [0.1, 0.15) is 0 Å². The number of halogens is 3. The lowest BCUT2D eigenvalue weighted by Gasteiger charge is -2.15. The second-order valence-corrected chi connectivity index (χ2v) is 5.82. The molecule has 0 radical (unpaired) electrons. The van der Waals surface area contributed by atoms with E-state index in [0.29, 0.717) is 29.7 Å². The lowest BCUT2D eigenvalue weighted by Crippen LogP contribution is -2.28. The molecule has 24 heavy (non-hydrogen) atoms. The van der Waals surface area contributed by atoms with Crippen molar-refractivity contribution in [1.29, 1.82) is 0 Å². The van der Waals surface area contributed by atoms with Crippen molar-refractivity contribution >= 4 is 5.91 Å². The number of amides is 1. The fourth-order valence-electron chi connectivity index (χ4n) is 3.05. The van der Waals surface area contributed by atoms with Gasteiger partial charge in [0.2, 0.25) is 0 Å². The molecule has 0 fully saturated rings. The van der Waals surface area contributed by atoms with Gasteiger partial charge in [0, 0.05) is 23.4 Å². The highest BCUT2D eigenvalue weighted by Crippen LogP contribution is 2.35. The first kappa shape index (κ1) is 16.5.